The number of rotatable bonds is 3. The summed E-state index contributed by atoms with van der Waals surface area (Å²) in [6.45, 7) is 0. The van der Waals surface area contributed by atoms with E-state index < -0.39 is 0 Å². The van der Waals surface area contributed by atoms with Crippen LogP contribution in [0.15, 0.2) is 42.6 Å². The Hall–Kier alpha value is -2.95. The van der Waals surface area contributed by atoms with Crippen molar-refractivity contribution in [3.63, 3.8) is 0 Å². The SMILES string of the molecule is COc1cc2nc(-c3cn(C)c4ccccc34)[nH]c2cc1OC. The van der Waals surface area contributed by atoms with Gasteiger partial charge in [-0.05, 0) is 6.07 Å². The van der Waals surface area contributed by atoms with Crippen molar-refractivity contribution < 1.29 is 9.47 Å². The van der Waals surface area contributed by atoms with Crippen LogP contribution in [0, 0.1) is 0 Å². The number of nitrogens with zero attached hydrogens (tertiary/aromatic N) is 2. The van der Waals surface area contributed by atoms with Crippen molar-refractivity contribution in [2.24, 2.45) is 7.05 Å². The Labute approximate surface area is 133 Å². The third-order valence-electron chi connectivity index (χ3n) is 4.14. The highest BCUT2D eigenvalue weighted by atomic mass is 16.5. The summed E-state index contributed by atoms with van der Waals surface area (Å²) in [5.41, 5.74) is 4.03. The van der Waals surface area contributed by atoms with Crippen molar-refractivity contribution >= 4 is 21.9 Å². The van der Waals surface area contributed by atoms with Crippen molar-refractivity contribution in [2.45, 2.75) is 0 Å². The molecule has 116 valence electrons. The highest BCUT2D eigenvalue weighted by Gasteiger charge is 2.14. The van der Waals surface area contributed by atoms with E-state index in [-0.39, 0.29) is 0 Å². The summed E-state index contributed by atoms with van der Waals surface area (Å²) in [4.78, 5) is 8.11. The predicted octanol–water partition coefficient (Wildman–Crippen LogP) is 3.74. The van der Waals surface area contributed by atoms with E-state index in [1.165, 1.54) is 10.9 Å². The number of imidazole rings is 1. The van der Waals surface area contributed by atoms with Crippen molar-refractivity contribution in [2.75, 3.05) is 14.2 Å². The van der Waals surface area contributed by atoms with Gasteiger partial charge in [0.1, 0.15) is 5.82 Å². The quantitative estimate of drug-likeness (QED) is 0.627. The van der Waals surface area contributed by atoms with E-state index >= 15 is 0 Å². The summed E-state index contributed by atoms with van der Waals surface area (Å²) in [7, 11) is 5.30. The molecule has 5 nitrogen and oxygen atoms in total. The molecule has 0 saturated carbocycles. The van der Waals surface area contributed by atoms with E-state index in [0.29, 0.717) is 11.5 Å². The summed E-state index contributed by atoms with van der Waals surface area (Å²) in [6.07, 6.45) is 2.09. The van der Waals surface area contributed by atoms with Crippen molar-refractivity contribution in [3.8, 4) is 22.9 Å². The second-order valence-electron chi connectivity index (χ2n) is 5.48. The molecule has 0 aliphatic rings. The van der Waals surface area contributed by atoms with Gasteiger partial charge in [-0.2, -0.15) is 0 Å². The molecule has 0 unspecified atom stereocenters. The number of fused-ring (bicyclic) bond motifs is 2. The molecule has 0 amide bonds. The fourth-order valence-corrected chi connectivity index (χ4v) is 2.99. The maximum atomic E-state index is 5.36. The summed E-state index contributed by atoms with van der Waals surface area (Å²) in [5.74, 6) is 2.20. The lowest BCUT2D eigenvalue weighted by atomic mass is 10.2. The van der Waals surface area contributed by atoms with Gasteiger partial charge in [0, 0.05) is 41.8 Å². The van der Waals surface area contributed by atoms with Gasteiger partial charge in [-0.15, -0.1) is 0 Å². The van der Waals surface area contributed by atoms with Gasteiger partial charge in [0.05, 0.1) is 25.3 Å². The Morgan fingerprint density at radius 1 is 1.04 bits per heavy atom. The van der Waals surface area contributed by atoms with Gasteiger partial charge in [0.2, 0.25) is 0 Å². The van der Waals surface area contributed by atoms with E-state index in [1.54, 1.807) is 14.2 Å². The van der Waals surface area contributed by atoms with Crippen LogP contribution in [-0.4, -0.2) is 28.8 Å². The molecule has 0 fully saturated rings. The third-order valence-corrected chi connectivity index (χ3v) is 4.14. The Morgan fingerprint density at radius 3 is 2.57 bits per heavy atom. The van der Waals surface area contributed by atoms with Crippen LogP contribution in [-0.2, 0) is 7.05 Å². The minimum atomic E-state index is 0.677. The van der Waals surface area contributed by atoms with Gasteiger partial charge in [-0.3, -0.25) is 0 Å². The van der Waals surface area contributed by atoms with Crippen molar-refractivity contribution in [3.05, 3.63) is 42.6 Å². The van der Waals surface area contributed by atoms with Crippen molar-refractivity contribution in [1.29, 1.82) is 0 Å². The molecule has 0 radical (unpaired) electrons. The number of benzene rings is 2. The highest BCUT2D eigenvalue weighted by Crippen LogP contribution is 2.34. The smallest absolute Gasteiger partial charge is 0.163 e. The summed E-state index contributed by atoms with van der Waals surface area (Å²) < 4.78 is 12.8. The fraction of sp³-hybridized carbons (Fsp3) is 0.167. The minimum absolute atomic E-state index is 0.677. The molecule has 4 rings (SSSR count). The van der Waals surface area contributed by atoms with E-state index in [9.17, 15) is 0 Å². The zero-order valence-corrected chi connectivity index (χ0v) is 13.3. The average Bonchev–Trinajstić information content (AvgIpc) is 3.14. The minimum Gasteiger partial charge on any atom is -0.493 e. The number of methoxy groups -OCH3 is 2. The molecule has 4 aromatic rings. The number of ether oxygens (including phenoxy) is 2. The average molecular weight is 307 g/mol. The van der Waals surface area contributed by atoms with Gasteiger partial charge < -0.3 is 19.0 Å². The van der Waals surface area contributed by atoms with Crippen LogP contribution < -0.4 is 9.47 Å². The molecule has 2 aromatic heterocycles. The van der Waals surface area contributed by atoms with Gasteiger partial charge in [-0.1, -0.05) is 18.2 Å². The van der Waals surface area contributed by atoms with Crippen LogP contribution in [0.1, 0.15) is 0 Å². The number of aromatic amines is 1. The van der Waals surface area contributed by atoms with E-state index in [1.807, 2.05) is 31.3 Å². The topological polar surface area (TPSA) is 52.1 Å². The lowest BCUT2D eigenvalue weighted by molar-refractivity contribution is 0.356. The number of nitrogens with one attached hydrogen (secondary N) is 1. The van der Waals surface area contributed by atoms with Crippen molar-refractivity contribution in [1.82, 2.24) is 14.5 Å². The first-order valence-corrected chi connectivity index (χ1v) is 7.37. The Balaban J connectivity index is 1.95. The van der Waals surface area contributed by atoms with Gasteiger partial charge in [-0.25, -0.2) is 4.98 Å². The van der Waals surface area contributed by atoms with Gasteiger partial charge in [0.15, 0.2) is 11.5 Å². The summed E-state index contributed by atoms with van der Waals surface area (Å²) in [5, 5.41) is 1.17. The summed E-state index contributed by atoms with van der Waals surface area (Å²) >= 11 is 0. The van der Waals surface area contributed by atoms with Gasteiger partial charge in [0.25, 0.3) is 0 Å². The number of H-pyrrole nitrogens is 1. The maximum absolute atomic E-state index is 5.36. The first kappa shape index (κ1) is 13.7. The molecule has 0 spiro atoms. The van der Waals surface area contributed by atoms with Gasteiger partial charge >= 0.3 is 0 Å². The van der Waals surface area contributed by atoms with Crippen LogP contribution in [0.5, 0.6) is 11.5 Å². The molecule has 23 heavy (non-hydrogen) atoms. The normalized spacial score (nSPS) is 11.3. The number of hydrogen-bond donors (Lipinski definition) is 1. The van der Waals surface area contributed by atoms with E-state index in [0.717, 1.165) is 22.4 Å². The molecular formula is C18H17N3O2. The zero-order chi connectivity index (χ0) is 16.0. The molecule has 2 aromatic carbocycles. The molecule has 0 aliphatic heterocycles. The molecule has 0 bridgehead atoms. The number of aryl methyl sites for hydroxylation is 1. The van der Waals surface area contributed by atoms with Crippen LogP contribution in [0.2, 0.25) is 0 Å². The first-order chi connectivity index (χ1) is 11.2. The second-order valence-corrected chi connectivity index (χ2v) is 5.48. The van der Waals surface area contributed by atoms with E-state index in [2.05, 4.69) is 27.9 Å². The first-order valence-electron chi connectivity index (χ1n) is 7.37. The highest BCUT2D eigenvalue weighted by molar-refractivity contribution is 5.96. The number of hydrogen-bond acceptors (Lipinski definition) is 3. The van der Waals surface area contributed by atoms with Crippen LogP contribution in [0.3, 0.4) is 0 Å². The largest absolute Gasteiger partial charge is 0.493 e. The Kier molecular flexibility index (Phi) is 3.01. The summed E-state index contributed by atoms with van der Waals surface area (Å²) in [6, 6.07) is 12.1. The number of para-hydroxylation sites is 1. The molecule has 5 heteroatoms. The molecule has 2 heterocycles. The maximum Gasteiger partial charge on any atom is 0.163 e. The van der Waals surface area contributed by atoms with Crippen LogP contribution >= 0.6 is 0 Å². The third kappa shape index (κ3) is 2.04. The Morgan fingerprint density at radius 2 is 1.78 bits per heavy atom. The van der Waals surface area contributed by atoms with Crippen LogP contribution in [0.25, 0.3) is 33.3 Å². The van der Waals surface area contributed by atoms with E-state index in [4.69, 9.17) is 14.5 Å². The predicted molar refractivity (Wildman–Crippen MR) is 91.1 cm³/mol. The monoisotopic (exact) mass is 307 g/mol. The lowest BCUT2D eigenvalue weighted by Crippen LogP contribution is -1.89. The lowest BCUT2D eigenvalue weighted by Gasteiger charge is -2.06. The molecule has 0 aliphatic carbocycles. The molecule has 1 N–H and O–H groups in total. The Bertz CT molecular complexity index is 973. The fourth-order valence-electron chi connectivity index (χ4n) is 2.99. The zero-order valence-electron chi connectivity index (χ0n) is 13.3. The molecule has 0 atom stereocenters. The molecular weight excluding hydrogens is 290 g/mol. The standard InChI is InChI=1S/C18H17N3O2/c1-21-10-12(11-6-4-5-7-15(11)21)18-19-13-8-16(22-2)17(23-3)9-14(13)20-18/h4-10H,1-3H3,(H,19,20). The van der Waals surface area contributed by atoms with Crippen LogP contribution in [0.4, 0.5) is 0 Å². The number of aromatic nitrogens is 3. The molecule has 0 saturated heterocycles. The second kappa shape index (κ2) is 5.05.